The van der Waals surface area contributed by atoms with Crippen molar-refractivity contribution >= 4 is 11.8 Å². The molecule has 5 rings (SSSR count). The number of rotatable bonds is 7. The molecule has 1 saturated heterocycles. The van der Waals surface area contributed by atoms with E-state index < -0.39 is 0 Å². The standard InChI is InChI=1S/C26H28FN3O3/c1-18-3-2-4-21(15-18)24-23(26(33-28-24)29-11-13-32-14-12-29)17-30(16-19-5-6-19)25(31)20-7-9-22(27)10-8-20/h2-4,7-10,15,19H,5-6,11-14,16-17H2,1H3. The van der Waals surface area contributed by atoms with Crippen LogP contribution in [-0.2, 0) is 11.3 Å². The monoisotopic (exact) mass is 449 g/mol. The van der Waals surface area contributed by atoms with Crippen molar-refractivity contribution in [1.82, 2.24) is 10.1 Å². The number of anilines is 1. The summed E-state index contributed by atoms with van der Waals surface area (Å²) in [6.07, 6.45) is 2.25. The summed E-state index contributed by atoms with van der Waals surface area (Å²) < 4.78 is 24.8. The molecule has 2 aromatic carbocycles. The van der Waals surface area contributed by atoms with Crippen LogP contribution in [0.5, 0.6) is 0 Å². The number of amides is 1. The van der Waals surface area contributed by atoms with Crippen molar-refractivity contribution in [2.24, 2.45) is 5.92 Å². The number of morpholine rings is 1. The molecule has 0 spiro atoms. The number of benzene rings is 2. The van der Waals surface area contributed by atoms with Crippen LogP contribution >= 0.6 is 0 Å². The molecule has 2 heterocycles. The first kappa shape index (κ1) is 21.6. The third-order valence-electron chi connectivity index (χ3n) is 6.26. The van der Waals surface area contributed by atoms with Crippen molar-refractivity contribution in [2.45, 2.75) is 26.3 Å². The molecule has 7 heteroatoms. The summed E-state index contributed by atoms with van der Waals surface area (Å²) in [6, 6.07) is 13.9. The fourth-order valence-electron chi connectivity index (χ4n) is 4.27. The second-order valence-corrected chi connectivity index (χ2v) is 8.92. The van der Waals surface area contributed by atoms with E-state index in [0.29, 0.717) is 56.8 Å². The molecule has 33 heavy (non-hydrogen) atoms. The number of hydrogen-bond acceptors (Lipinski definition) is 5. The van der Waals surface area contributed by atoms with Crippen LogP contribution < -0.4 is 4.90 Å². The Balaban J connectivity index is 1.52. The van der Waals surface area contributed by atoms with Gasteiger partial charge in [-0.05, 0) is 56.0 Å². The zero-order valence-corrected chi connectivity index (χ0v) is 18.8. The van der Waals surface area contributed by atoms with E-state index in [1.807, 2.05) is 30.0 Å². The first-order chi connectivity index (χ1) is 16.1. The first-order valence-corrected chi connectivity index (χ1v) is 11.5. The van der Waals surface area contributed by atoms with Crippen LogP contribution in [0.15, 0.2) is 53.1 Å². The van der Waals surface area contributed by atoms with Crippen molar-refractivity contribution in [3.8, 4) is 11.3 Å². The second-order valence-electron chi connectivity index (χ2n) is 8.92. The summed E-state index contributed by atoms with van der Waals surface area (Å²) >= 11 is 0. The molecule has 0 atom stereocenters. The van der Waals surface area contributed by atoms with E-state index in [-0.39, 0.29) is 11.7 Å². The molecule has 6 nitrogen and oxygen atoms in total. The molecule has 0 bridgehead atoms. The number of aromatic nitrogens is 1. The molecular formula is C26H28FN3O3. The smallest absolute Gasteiger partial charge is 0.254 e. The lowest BCUT2D eigenvalue weighted by Crippen LogP contribution is -2.37. The summed E-state index contributed by atoms with van der Waals surface area (Å²) in [7, 11) is 0. The lowest BCUT2D eigenvalue weighted by molar-refractivity contribution is 0.0734. The Morgan fingerprint density at radius 2 is 1.91 bits per heavy atom. The summed E-state index contributed by atoms with van der Waals surface area (Å²) in [6.45, 7) is 5.77. The molecular weight excluding hydrogens is 421 g/mol. The minimum Gasteiger partial charge on any atom is -0.378 e. The Kier molecular flexibility index (Phi) is 6.13. The molecule has 1 amide bonds. The highest BCUT2D eigenvalue weighted by Gasteiger charge is 2.31. The Morgan fingerprint density at radius 1 is 1.15 bits per heavy atom. The fraction of sp³-hybridized carbons (Fsp3) is 0.385. The summed E-state index contributed by atoms with van der Waals surface area (Å²) in [5, 5.41) is 4.45. The van der Waals surface area contributed by atoms with Crippen LogP contribution in [0.3, 0.4) is 0 Å². The van der Waals surface area contributed by atoms with Gasteiger partial charge in [-0.2, -0.15) is 0 Å². The van der Waals surface area contributed by atoms with E-state index in [0.717, 1.165) is 35.2 Å². The highest BCUT2D eigenvalue weighted by molar-refractivity contribution is 5.94. The van der Waals surface area contributed by atoms with Crippen molar-refractivity contribution in [3.63, 3.8) is 0 Å². The van der Waals surface area contributed by atoms with Crippen LogP contribution in [0, 0.1) is 18.7 Å². The molecule has 1 aliphatic carbocycles. The quantitative estimate of drug-likeness (QED) is 0.524. The molecule has 0 N–H and O–H groups in total. The predicted molar refractivity (Wildman–Crippen MR) is 124 cm³/mol. The highest BCUT2D eigenvalue weighted by atomic mass is 19.1. The van der Waals surface area contributed by atoms with Gasteiger partial charge in [0, 0.05) is 30.8 Å². The van der Waals surface area contributed by atoms with Crippen molar-refractivity contribution in [2.75, 3.05) is 37.7 Å². The topological polar surface area (TPSA) is 58.8 Å². The van der Waals surface area contributed by atoms with Gasteiger partial charge < -0.3 is 19.1 Å². The number of carbonyl (C=O) groups excluding carboxylic acids is 1. The molecule has 1 saturated carbocycles. The number of ether oxygens (including phenoxy) is 1. The molecule has 3 aromatic rings. The van der Waals surface area contributed by atoms with Gasteiger partial charge in [-0.25, -0.2) is 4.39 Å². The van der Waals surface area contributed by atoms with Crippen LogP contribution in [0.25, 0.3) is 11.3 Å². The van der Waals surface area contributed by atoms with Gasteiger partial charge in [0.25, 0.3) is 5.91 Å². The van der Waals surface area contributed by atoms with E-state index in [1.165, 1.54) is 12.1 Å². The third kappa shape index (κ3) is 4.93. The average Bonchev–Trinajstić information content (AvgIpc) is 3.56. The van der Waals surface area contributed by atoms with Crippen LogP contribution in [0.1, 0.15) is 34.3 Å². The normalized spacial score (nSPS) is 16.1. The third-order valence-corrected chi connectivity index (χ3v) is 6.26. The van der Waals surface area contributed by atoms with Crippen molar-refractivity contribution in [1.29, 1.82) is 0 Å². The van der Waals surface area contributed by atoms with Gasteiger partial charge in [0.2, 0.25) is 5.88 Å². The maximum absolute atomic E-state index is 13.5. The van der Waals surface area contributed by atoms with E-state index in [1.54, 1.807) is 12.1 Å². The zero-order valence-electron chi connectivity index (χ0n) is 18.8. The van der Waals surface area contributed by atoms with Gasteiger partial charge in [-0.15, -0.1) is 0 Å². The minimum absolute atomic E-state index is 0.105. The van der Waals surface area contributed by atoms with Gasteiger partial charge in [0.05, 0.1) is 25.3 Å². The molecule has 0 radical (unpaired) electrons. The molecule has 172 valence electrons. The van der Waals surface area contributed by atoms with Crippen molar-refractivity contribution in [3.05, 3.63) is 71.0 Å². The maximum Gasteiger partial charge on any atom is 0.254 e. The predicted octanol–water partition coefficient (Wildman–Crippen LogP) is 4.68. The van der Waals surface area contributed by atoms with Gasteiger partial charge in [0.1, 0.15) is 11.5 Å². The Bertz CT molecular complexity index is 1120. The Hall–Kier alpha value is -3.19. The molecule has 1 aromatic heterocycles. The number of carbonyl (C=O) groups is 1. The number of nitrogens with zero attached hydrogens (tertiary/aromatic N) is 3. The highest BCUT2D eigenvalue weighted by Crippen LogP contribution is 2.36. The zero-order chi connectivity index (χ0) is 22.8. The van der Waals surface area contributed by atoms with Gasteiger partial charge in [0.15, 0.2) is 0 Å². The largest absolute Gasteiger partial charge is 0.378 e. The molecule has 2 fully saturated rings. The number of aryl methyl sites for hydroxylation is 1. The molecule has 2 aliphatic rings. The van der Waals surface area contributed by atoms with Crippen LogP contribution in [0.2, 0.25) is 0 Å². The van der Waals surface area contributed by atoms with E-state index >= 15 is 0 Å². The SMILES string of the molecule is Cc1cccc(-c2noc(N3CCOCC3)c2CN(CC2CC2)C(=O)c2ccc(F)cc2)c1. The van der Waals surface area contributed by atoms with Gasteiger partial charge in [-0.3, -0.25) is 4.79 Å². The first-order valence-electron chi connectivity index (χ1n) is 11.5. The van der Waals surface area contributed by atoms with Crippen LogP contribution in [0.4, 0.5) is 10.3 Å². The van der Waals surface area contributed by atoms with Gasteiger partial charge >= 0.3 is 0 Å². The van der Waals surface area contributed by atoms with Crippen molar-refractivity contribution < 1.29 is 18.4 Å². The lowest BCUT2D eigenvalue weighted by atomic mass is 10.0. The molecule has 1 aliphatic heterocycles. The van der Waals surface area contributed by atoms with E-state index in [2.05, 4.69) is 16.1 Å². The Morgan fingerprint density at radius 3 is 2.61 bits per heavy atom. The minimum atomic E-state index is -0.351. The average molecular weight is 450 g/mol. The number of halogens is 1. The second kappa shape index (κ2) is 9.35. The van der Waals surface area contributed by atoms with E-state index in [9.17, 15) is 9.18 Å². The van der Waals surface area contributed by atoms with Gasteiger partial charge in [-0.1, -0.05) is 28.9 Å². The maximum atomic E-state index is 13.5. The summed E-state index contributed by atoms with van der Waals surface area (Å²) in [5.74, 6) is 0.743. The van der Waals surface area contributed by atoms with Crippen LogP contribution in [-0.4, -0.2) is 48.8 Å². The fourth-order valence-corrected chi connectivity index (χ4v) is 4.27. The molecule has 0 unspecified atom stereocenters. The number of hydrogen-bond donors (Lipinski definition) is 0. The van der Waals surface area contributed by atoms with E-state index in [4.69, 9.17) is 9.26 Å². The lowest BCUT2D eigenvalue weighted by Gasteiger charge is -2.28. The summed E-state index contributed by atoms with van der Waals surface area (Å²) in [5.41, 5.74) is 4.24. The Labute approximate surface area is 192 Å². The summed E-state index contributed by atoms with van der Waals surface area (Å²) in [4.78, 5) is 17.5.